The number of aliphatic hydroxyl groups is 1. The summed E-state index contributed by atoms with van der Waals surface area (Å²) < 4.78 is 19.9. The van der Waals surface area contributed by atoms with E-state index in [1.54, 1.807) is 29.5 Å². The molecule has 1 aliphatic rings. The first-order valence-electron chi connectivity index (χ1n) is 11.2. The van der Waals surface area contributed by atoms with E-state index in [-0.39, 0.29) is 17.9 Å². The van der Waals surface area contributed by atoms with Crippen molar-refractivity contribution < 1.29 is 24.1 Å². The molecule has 3 atom stereocenters. The minimum absolute atomic E-state index is 0.0982. The molecule has 4 rings (SSSR count). The Hall–Kier alpha value is -2.99. The summed E-state index contributed by atoms with van der Waals surface area (Å²) >= 11 is 1.59. The van der Waals surface area contributed by atoms with Crippen LogP contribution in [-0.4, -0.2) is 52.8 Å². The molecule has 1 saturated heterocycles. The third-order valence-corrected chi connectivity index (χ3v) is 7.11. The van der Waals surface area contributed by atoms with Gasteiger partial charge in [0.2, 0.25) is 0 Å². The van der Waals surface area contributed by atoms with E-state index in [0.29, 0.717) is 42.6 Å². The van der Waals surface area contributed by atoms with Gasteiger partial charge in [0.15, 0.2) is 0 Å². The van der Waals surface area contributed by atoms with E-state index in [9.17, 15) is 19.4 Å². The molecule has 0 amide bonds. The van der Waals surface area contributed by atoms with E-state index in [0.717, 1.165) is 18.3 Å². The molecule has 1 aromatic carbocycles. The number of aromatic nitrogens is 1. The molecule has 178 valence electrons. The number of aliphatic hydroxyl groups excluding tert-OH is 1. The van der Waals surface area contributed by atoms with Crippen LogP contribution in [0.15, 0.2) is 41.2 Å². The van der Waals surface area contributed by atoms with Crippen LogP contribution in [0, 0.1) is 29.5 Å². The SMILES string of the molecule is COc1ccc2ncc(F)c([C@@H](O)CC[C@H]3CCN(CC#Cc4ccsc4)C[C@H]3C(=O)O)c2c1. The number of aliphatic carboxylic acids is 1. The number of rotatable bonds is 7. The third kappa shape index (κ3) is 5.55. The van der Waals surface area contributed by atoms with Crippen molar-refractivity contribution in [3.8, 4) is 17.6 Å². The summed E-state index contributed by atoms with van der Waals surface area (Å²) in [6, 6.07) is 7.08. The van der Waals surface area contributed by atoms with Crippen molar-refractivity contribution in [2.75, 3.05) is 26.7 Å². The molecule has 0 aliphatic carbocycles. The van der Waals surface area contributed by atoms with Crippen molar-refractivity contribution in [3.05, 3.63) is 58.2 Å². The predicted molar refractivity (Wildman–Crippen MR) is 129 cm³/mol. The minimum atomic E-state index is -1.07. The summed E-state index contributed by atoms with van der Waals surface area (Å²) in [5.74, 6) is 4.70. The van der Waals surface area contributed by atoms with Crippen molar-refractivity contribution in [1.29, 1.82) is 0 Å². The van der Waals surface area contributed by atoms with Crippen LogP contribution in [0.1, 0.15) is 36.5 Å². The first-order valence-corrected chi connectivity index (χ1v) is 12.2. The zero-order valence-electron chi connectivity index (χ0n) is 18.9. The average Bonchev–Trinajstić information content (AvgIpc) is 3.36. The summed E-state index contributed by atoms with van der Waals surface area (Å²) in [5, 5.41) is 25.2. The highest BCUT2D eigenvalue weighted by Crippen LogP contribution is 2.34. The van der Waals surface area contributed by atoms with E-state index >= 15 is 0 Å². The van der Waals surface area contributed by atoms with Gasteiger partial charge in [-0.05, 0) is 61.4 Å². The second-order valence-corrected chi connectivity index (χ2v) is 9.32. The zero-order chi connectivity index (χ0) is 24.1. The van der Waals surface area contributed by atoms with Crippen LogP contribution in [0.3, 0.4) is 0 Å². The molecule has 2 N–H and O–H groups in total. The first kappa shape index (κ1) is 24.1. The monoisotopic (exact) mass is 482 g/mol. The van der Waals surface area contributed by atoms with Crippen molar-refractivity contribution in [2.45, 2.75) is 25.4 Å². The van der Waals surface area contributed by atoms with Crippen LogP contribution in [-0.2, 0) is 4.79 Å². The second kappa shape index (κ2) is 11.0. The summed E-state index contributed by atoms with van der Waals surface area (Å²) in [7, 11) is 1.52. The molecule has 2 aromatic heterocycles. The Morgan fingerprint density at radius 1 is 1.41 bits per heavy atom. The number of carboxylic acid groups (broad SMARTS) is 1. The molecule has 0 unspecified atom stereocenters. The number of carboxylic acids is 1. The maximum Gasteiger partial charge on any atom is 0.308 e. The van der Waals surface area contributed by atoms with Crippen LogP contribution >= 0.6 is 11.3 Å². The van der Waals surface area contributed by atoms with Gasteiger partial charge in [0.1, 0.15) is 11.6 Å². The topological polar surface area (TPSA) is 82.9 Å². The molecule has 1 fully saturated rings. The molecule has 34 heavy (non-hydrogen) atoms. The second-order valence-electron chi connectivity index (χ2n) is 8.54. The van der Waals surface area contributed by atoms with Crippen LogP contribution < -0.4 is 4.74 Å². The summed E-state index contributed by atoms with van der Waals surface area (Å²) in [6.45, 7) is 1.68. The van der Waals surface area contributed by atoms with Gasteiger partial charge in [0, 0.05) is 28.4 Å². The molecule has 3 heterocycles. The molecule has 3 aromatic rings. The van der Waals surface area contributed by atoms with E-state index < -0.39 is 23.8 Å². The van der Waals surface area contributed by atoms with E-state index in [4.69, 9.17) is 4.74 Å². The molecule has 6 nitrogen and oxygen atoms in total. The number of fused-ring (bicyclic) bond motifs is 1. The Bertz CT molecular complexity index is 1200. The summed E-state index contributed by atoms with van der Waals surface area (Å²) in [5.41, 5.74) is 1.71. The highest BCUT2D eigenvalue weighted by molar-refractivity contribution is 7.08. The molecule has 0 spiro atoms. The van der Waals surface area contributed by atoms with Crippen molar-refractivity contribution in [1.82, 2.24) is 9.88 Å². The number of nitrogens with zero attached hydrogens (tertiary/aromatic N) is 2. The maximum atomic E-state index is 14.7. The number of thiophene rings is 1. The smallest absolute Gasteiger partial charge is 0.308 e. The first-order chi connectivity index (χ1) is 16.5. The standard InChI is InChI=1S/C26H27FN2O4S/c1-33-19-5-6-23-20(13-19)25(22(27)14-28-23)24(30)7-4-18-8-11-29(15-21(18)26(31)32)10-2-3-17-9-12-34-16-17/h5-6,9,12-14,16,18,21,24,30H,4,7-8,10-11,15H2,1H3,(H,31,32)/t18-,21+,24-/m0/s1. The summed E-state index contributed by atoms with van der Waals surface area (Å²) in [6.07, 6.45) is 1.49. The van der Waals surface area contributed by atoms with Crippen LogP contribution in [0.4, 0.5) is 4.39 Å². The largest absolute Gasteiger partial charge is 0.497 e. The third-order valence-electron chi connectivity index (χ3n) is 6.43. The Kier molecular flexibility index (Phi) is 7.78. The van der Waals surface area contributed by atoms with Gasteiger partial charge in [-0.15, -0.1) is 0 Å². The van der Waals surface area contributed by atoms with E-state index in [2.05, 4.69) is 21.7 Å². The van der Waals surface area contributed by atoms with Crippen LogP contribution in [0.2, 0.25) is 0 Å². The van der Waals surface area contributed by atoms with Crippen molar-refractivity contribution in [2.24, 2.45) is 11.8 Å². The Balaban J connectivity index is 1.42. The van der Waals surface area contributed by atoms with Crippen LogP contribution in [0.5, 0.6) is 5.75 Å². The fraction of sp³-hybridized carbons (Fsp3) is 0.385. The van der Waals surface area contributed by atoms with Gasteiger partial charge in [0.05, 0.1) is 37.4 Å². The van der Waals surface area contributed by atoms with Gasteiger partial charge >= 0.3 is 5.97 Å². The van der Waals surface area contributed by atoms with Gasteiger partial charge in [0.25, 0.3) is 0 Å². The van der Waals surface area contributed by atoms with Gasteiger partial charge in [-0.2, -0.15) is 11.3 Å². The zero-order valence-corrected chi connectivity index (χ0v) is 19.7. The van der Waals surface area contributed by atoms with E-state index in [1.165, 1.54) is 7.11 Å². The number of hydrogen-bond donors (Lipinski definition) is 2. The number of likely N-dealkylation sites (tertiary alicyclic amines) is 1. The lowest BCUT2D eigenvalue weighted by Crippen LogP contribution is -2.44. The van der Waals surface area contributed by atoms with Gasteiger partial charge < -0.3 is 14.9 Å². The van der Waals surface area contributed by atoms with Crippen LogP contribution in [0.25, 0.3) is 10.9 Å². The molecular weight excluding hydrogens is 455 g/mol. The highest BCUT2D eigenvalue weighted by Gasteiger charge is 2.34. The molecule has 8 heteroatoms. The fourth-order valence-corrected chi connectivity index (χ4v) is 5.16. The van der Waals surface area contributed by atoms with Crippen molar-refractivity contribution >= 4 is 28.2 Å². The number of halogens is 1. The quantitative estimate of drug-likeness (QED) is 0.488. The number of carbonyl (C=O) groups is 1. The number of pyridine rings is 1. The lowest BCUT2D eigenvalue weighted by atomic mass is 9.81. The van der Waals surface area contributed by atoms with Gasteiger partial charge in [-0.1, -0.05) is 11.8 Å². The number of hydrogen-bond acceptors (Lipinski definition) is 6. The number of benzene rings is 1. The van der Waals surface area contributed by atoms with Crippen molar-refractivity contribution in [3.63, 3.8) is 0 Å². The predicted octanol–water partition coefficient (Wildman–Crippen LogP) is 4.33. The summed E-state index contributed by atoms with van der Waals surface area (Å²) in [4.78, 5) is 18.1. The minimum Gasteiger partial charge on any atom is -0.497 e. The van der Waals surface area contributed by atoms with Gasteiger partial charge in [-0.25, -0.2) is 4.39 Å². The average molecular weight is 483 g/mol. The lowest BCUT2D eigenvalue weighted by Gasteiger charge is -2.36. The maximum absolute atomic E-state index is 14.7. The number of ether oxygens (including phenoxy) is 1. The Labute approximate surface area is 202 Å². The molecule has 0 saturated carbocycles. The number of piperidine rings is 1. The fourth-order valence-electron chi connectivity index (χ4n) is 4.58. The number of methoxy groups -OCH3 is 1. The normalized spacial score (nSPS) is 19.4. The Morgan fingerprint density at radius 2 is 2.26 bits per heavy atom. The highest BCUT2D eigenvalue weighted by atomic mass is 32.1. The molecule has 1 aliphatic heterocycles. The van der Waals surface area contributed by atoms with Gasteiger partial charge in [-0.3, -0.25) is 14.7 Å². The molecule has 0 radical (unpaired) electrons. The Morgan fingerprint density at radius 3 is 3.00 bits per heavy atom. The molecular formula is C26H27FN2O4S. The lowest BCUT2D eigenvalue weighted by molar-refractivity contribution is -0.146. The van der Waals surface area contributed by atoms with E-state index in [1.807, 2.05) is 16.8 Å². The molecule has 0 bridgehead atoms.